The summed E-state index contributed by atoms with van der Waals surface area (Å²) in [5.41, 5.74) is 0.786. The van der Waals surface area contributed by atoms with E-state index in [0.29, 0.717) is 22.0 Å². The molecular formula is C19H17N3O3. The number of rotatable bonds is 3. The smallest absolute Gasteiger partial charge is 0.272 e. The van der Waals surface area contributed by atoms with Crippen molar-refractivity contribution in [3.63, 3.8) is 0 Å². The lowest BCUT2D eigenvalue weighted by atomic mass is 10.1. The fourth-order valence-electron chi connectivity index (χ4n) is 2.52. The molecule has 1 aromatic heterocycles. The van der Waals surface area contributed by atoms with Crippen LogP contribution in [0, 0.1) is 0 Å². The average molecular weight is 335 g/mol. The van der Waals surface area contributed by atoms with E-state index in [9.17, 15) is 14.4 Å². The molecule has 0 aliphatic rings. The number of pyridine rings is 1. The molecule has 25 heavy (non-hydrogen) atoms. The first kappa shape index (κ1) is 16.4. The fourth-order valence-corrected chi connectivity index (χ4v) is 2.52. The molecule has 0 atom stereocenters. The summed E-state index contributed by atoms with van der Waals surface area (Å²) in [6.07, 6.45) is 0. The predicted molar refractivity (Wildman–Crippen MR) is 97.0 cm³/mol. The van der Waals surface area contributed by atoms with Crippen molar-refractivity contribution in [3.8, 4) is 0 Å². The van der Waals surface area contributed by atoms with Gasteiger partial charge in [0.15, 0.2) is 0 Å². The number of nitrogens with one attached hydrogen (secondary N) is 2. The number of amides is 2. The molecule has 0 saturated heterocycles. The lowest BCUT2D eigenvalue weighted by Crippen LogP contribution is -2.22. The highest BCUT2D eigenvalue weighted by Gasteiger charge is 2.12. The van der Waals surface area contributed by atoms with Crippen molar-refractivity contribution in [3.05, 3.63) is 76.2 Å². The second-order valence-electron chi connectivity index (χ2n) is 5.83. The van der Waals surface area contributed by atoms with E-state index in [2.05, 4.69) is 10.3 Å². The van der Waals surface area contributed by atoms with Crippen LogP contribution >= 0.6 is 0 Å². The Morgan fingerprint density at radius 3 is 2.52 bits per heavy atom. The standard InChI is InChI=1S/C19H17N3O3/c1-22(2)19(25)13-7-5-8-14(10-13)20-18(24)16-11-12-6-3-4-9-15(12)17(23)21-16/h3-11H,1-2H3,(H,20,24)(H,21,23). The molecule has 2 amide bonds. The summed E-state index contributed by atoms with van der Waals surface area (Å²) in [4.78, 5) is 40.6. The van der Waals surface area contributed by atoms with Crippen LogP contribution in [-0.4, -0.2) is 35.8 Å². The molecule has 0 aliphatic carbocycles. The van der Waals surface area contributed by atoms with Gasteiger partial charge in [0, 0.05) is 30.7 Å². The Kier molecular flexibility index (Phi) is 4.35. The molecule has 126 valence electrons. The number of carbonyl (C=O) groups excluding carboxylic acids is 2. The first-order valence-corrected chi connectivity index (χ1v) is 7.71. The van der Waals surface area contributed by atoms with Gasteiger partial charge >= 0.3 is 0 Å². The summed E-state index contributed by atoms with van der Waals surface area (Å²) in [5, 5.41) is 3.92. The molecule has 0 radical (unpaired) electrons. The van der Waals surface area contributed by atoms with Crippen LogP contribution in [0.2, 0.25) is 0 Å². The molecule has 0 aliphatic heterocycles. The van der Waals surface area contributed by atoms with Crippen LogP contribution in [0.25, 0.3) is 10.8 Å². The highest BCUT2D eigenvalue weighted by molar-refractivity contribution is 6.05. The van der Waals surface area contributed by atoms with Gasteiger partial charge in [-0.3, -0.25) is 14.4 Å². The highest BCUT2D eigenvalue weighted by atomic mass is 16.2. The van der Waals surface area contributed by atoms with E-state index in [1.165, 1.54) is 4.90 Å². The molecule has 3 aromatic rings. The minimum Gasteiger partial charge on any atom is -0.345 e. The van der Waals surface area contributed by atoms with Crippen molar-refractivity contribution in [1.29, 1.82) is 0 Å². The quantitative estimate of drug-likeness (QED) is 0.771. The number of anilines is 1. The normalized spacial score (nSPS) is 10.5. The molecule has 1 heterocycles. The number of nitrogens with zero attached hydrogens (tertiary/aromatic N) is 1. The van der Waals surface area contributed by atoms with Gasteiger partial charge in [-0.2, -0.15) is 0 Å². The maximum Gasteiger partial charge on any atom is 0.272 e. The number of hydrogen-bond donors (Lipinski definition) is 2. The molecule has 0 bridgehead atoms. The van der Waals surface area contributed by atoms with E-state index in [-0.39, 0.29) is 17.2 Å². The Bertz CT molecular complexity index is 1020. The van der Waals surface area contributed by atoms with E-state index >= 15 is 0 Å². The van der Waals surface area contributed by atoms with Crippen molar-refractivity contribution in [2.45, 2.75) is 0 Å². The third kappa shape index (κ3) is 3.42. The largest absolute Gasteiger partial charge is 0.345 e. The maximum atomic E-state index is 12.4. The molecule has 2 N–H and O–H groups in total. The van der Waals surface area contributed by atoms with Gasteiger partial charge in [0.1, 0.15) is 5.69 Å². The Morgan fingerprint density at radius 2 is 1.76 bits per heavy atom. The summed E-state index contributed by atoms with van der Waals surface area (Å²) in [6, 6.07) is 15.3. The van der Waals surface area contributed by atoms with Gasteiger partial charge in [-0.25, -0.2) is 0 Å². The van der Waals surface area contributed by atoms with Gasteiger partial charge in [-0.05, 0) is 35.7 Å². The van der Waals surface area contributed by atoms with Gasteiger partial charge in [0.25, 0.3) is 17.4 Å². The first-order chi connectivity index (χ1) is 12.0. The highest BCUT2D eigenvalue weighted by Crippen LogP contribution is 2.14. The topological polar surface area (TPSA) is 82.3 Å². The molecular weight excluding hydrogens is 318 g/mol. The molecule has 6 heteroatoms. The van der Waals surface area contributed by atoms with Crippen LogP contribution in [0.3, 0.4) is 0 Å². The fraction of sp³-hybridized carbons (Fsp3) is 0.105. The molecule has 0 spiro atoms. The van der Waals surface area contributed by atoms with Crippen molar-refractivity contribution < 1.29 is 9.59 Å². The van der Waals surface area contributed by atoms with Gasteiger partial charge < -0.3 is 15.2 Å². The minimum absolute atomic E-state index is 0.157. The number of hydrogen-bond acceptors (Lipinski definition) is 3. The van der Waals surface area contributed by atoms with Crippen LogP contribution in [-0.2, 0) is 0 Å². The number of aromatic amines is 1. The third-order valence-corrected chi connectivity index (χ3v) is 3.77. The van der Waals surface area contributed by atoms with Crippen LogP contribution in [0.5, 0.6) is 0 Å². The zero-order valence-corrected chi connectivity index (χ0v) is 13.9. The molecule has 0 fully saturated rings. The van der Waals surface area contributed by atoms with Crippen molar-refractivity contribution >= 4 is 28.3 Å². The second kappa shape index (κ2) is 6.60. The zero-order valence-electron chi connectivity index (χ0n) is 13.9. The van der Waals surface area contributed by atoms with Crippen LogP contribution in [0.4, 0.5) is 5.69 Å². The van der Waals surface area contributed by atoms with Crippen LogP contribution in [0.1, 0.15) is 20.8 Å². The van der Waals surface area contributed by atoms with Crippen LogP contribution < -0.4 is 10.9 Å². The molecule has 2 aromatic carbocycles. The van der Waals surface area contributed by atoms with Crippen molar-refractivity contribution in [2.24, 2.45) is 0 Å². The summed E-state index contributed by atoms with van der Waals surface area (Å²) in [6.45, 7) is 0. The summed E-state index contributed by atoms with van der Waals surface area (Å²) in [5.74, 6) is -0.604. The molecule has 3 rings (SSSR count). The van der Waals surface area contributed by atoms with E-state index in [0.717, 1.165) is 0 Å². The Labute approximate surface area is 144 Å². The van der Waals surface area contributed by atoms with E-state index < -0.39 is 5.91 Å². The van der Waals surface area contributed by atoms with Gasteiger partial charge in [-0.15, -0.1) is 0 Å². The molecule has 0 unspecified atom stereocenters. The first-order valence-electron chi connectivity index (χ1n) is 7.71. The maximum absolute atomic E-state index is 12.4. The minimum atomic E-state index is -0.447. The van der Waals surface area contributed by atoms with E-state index in [1.54, 1.807) is 68.7 Å². The van der Waals surface area contributed by atoms with Crippen LogP contribution in [0.15, 0.2) is 59.4 Å². The Morgan fingerprint density at radius 1 is 1.00 bits per heavy atom. The number of aromatic nitrogens is 1. The lowest BCUT2D eigenvalue weighted by Gasteiger charge is -2.12. The summed E-state index contributed by atoms with van der Waals surface area (Å²) in [7, 11) is 3.32. The van der Waals surface area contributed by atoms with E-state index in [1.807, 2.05) is 0 Å². The van der Waals surface area contributed by atoms with Gasteiger partial charge in [0.2, 0.25) is 0 Å². The molecule has 0 saturated carbocycles. The number of H-pyrrole nitrogens is 1. The predicted octanol–water partition coefficient (Wildman–Crippen LogP) is 2.48. The van der Waals surface area contributed by atoms with Gasteiger partial charge in [0.05, 0.1) is 0 Å². The van der Waals surface area contributed by atoms with Gasteiger partial charge in [-0.1, -0.05) is 24.3 Å². The van der Waals surface area contributed by atoms with E-state index in [4.69, 9.17) is 0 Å². The zero-order chi connectivity index (χ0) is 18.0. The molecule has 6 nitrogen and oxygen atoms in total. The number of benzene rings is 2. The van der Waals surface area contributed by atoms with Crippen molar-refractivity contribution in [1.82, 2.24) is 9.88 Å². The summed E-state index contributed by atoms with van der Waals surface area (Å²) >= 11 is 0. The number of fused-ring (bicyclic) bond motifs is 1. The average Bonchev–Trinajstić information content (AvgIpc) is 2.61. The third-order valence-electron chi connectivity index (χ3n) is 3.77. The second-order valence-corrected chi connectivity index (χ2v) is 5.83. The SMILES string of the molecule is CN(C)C(=O)c1cccc(NC(=O)c2cc3ccccc3c(=O)[nH]2)c1. The monoisotopic (exact) mass is 335 g/mol. The van der Waals surface area contributed by atoms with Crippen molar-refractivity contribution in [2.75, 3.05) is 19.4 Å². The summed E-state index contributed by atoms with van der Waals surface area (Å²) < 4.78 is 0. The lowest BCUT2D eigenvalue weighted by molar-refractivity contribution is 0.0827. The Balaban J connectivity index is 1.89. The Hall–Kier alpha value is -3.41. The number of carbonyl (C=O) groups is 2.